The first-order valence-corrected chi connectivity index (χ1v) is 18.4. The highest BCUT2D eigenvalue weighted by Crippen LogP contribution is 2.36. The largest absolute Gasteiger partial charge is 0.497 e. The van der Waals surface area contributed by atoms with Gasteiger partial charge >= 0.3 is 24.0 Å². The van der Waals surface area contributed by atoms with Crippen LogP contribution in [0.4, 0.5) is 14.9 Å². The molecule has 2 aromatic heterocycles. The van der Waals surface area contributed by atoms with E-state index in [1.807, 2.05) is 20.8 Å². The number of ether oxygens (including phenoxy) is 6. The van der Waals surface area contributed by atoms with E-state index in [-0.39, 0.29) is 77.8 Å². The van der Waals surface area contributed by atoms with Crippen LogP contribution in [0.25, 0.3) is 5.95 Å². The number of amidine groups is 1. The van der Waals surface area contributed by atoms with Gasteiger partial charge in [-0.1, -0.05) is 40.0 Å². The Kier molecular flexibility index (Phi) is 14.3. The Hall–Kier alpha value is -6.33. The molecule has 304 valence electrons. The number of esters is 2. The molecule has 0 bridgehead atoms. The van der Waals surface area contributed by atoms with Crippen molar-refractivity contribution in [3.63, 3.8) is 0 Å². The first-order valence-electron chi connectivity index (χ1n) is 18.4. The molecule has 0 aliphatic heterocycles. The standard InChI is InChI=1S/C39H47FN8O9/c1-24(49)53-18-19-54-30-21-28(52-5)20-29(31(30)40)32(44-27-14-12-25(13-15-27)33(41)45-38(51)55-22-39(2,3)4)34-46-37(48(47-34)36-42-16-9-17-43-36)57-23-56-35(50)26-10-7-6-8-11-26/h9,12-17,20-21,26,32,44H,6-8,10-11,18-19,22-23H2,1-5H3,(H2,41,45,51)/t32-/m1/s1. The first-order chi connectivity index (χ1) is 27.3. The lowest BCUT2D eigenvalue weighted by Gasteiger charge is -2.21. The van der Waals surface area contributed by atoms with Gasteiger partial charge in [0.15, 0.2) is 17.4 Å². The van der Waals surface area contributed by atoms with Crippen molar-refractivity contribution in [2.75, 3.05) is 39.0 Å². The maximum absolute atomic E-state index is 16.6. The summed E-state index contributed by atoms with van der Waals surface area (Å²) in [4.78, 5) is 53.4. The van der Waals surface area contributed by atoms with Crippen molar-refractivity contribution in [2.24, 2.45) is 22.1 Å². The van der Waals surface area contributed by atoms with Crippen molar-refractivity contribution in [3.05, 3.63) is 77.6 Å². The number of carbonyl (C=O) groups excluding carboxylic acids is 3. The normalized spacial score (nSPS) is 14.0. The van der Waals surface area contributed by atoms with Crippen LogP contribution < -0.4 is 25.3 Å². The van der Waals surface area contributed by atoms with Crippen LogP contribution in [0.1, 0.15) is 82.8 Å². The predicted octanol–water partition coefficient (Wildman–Crippen LogP) is 5.70. The van der Waals surface area contributed by atoms with Gasteiger partial charge in [-0.3, -0.25) is 9.59 Å². The number of carbonyl (C=O) groups is 3. The molecule has 0 saturated heterocycles. The Morgan fingerprint density at radius 1 is 1.00 bits per heavy atom. The van der Waals surface area contributed by atoms with Gasteiger partial charge in [-0.15, -0.1) is 9.78 Å². The van der Waals surface area contributed by atoms with Crippen LogP contribution in [0, 0.1) is 17.2 Å². The van der Waals surface area contributed by atoms with Gasteiger partial charge in [-0.25, -0.2) is 19.2 Å². The number of anilines is 1. The number of amides is 1. The second kappa shape index (κ2) is 19.5. The lowest BCUT2D eigenvalue weighted by molar-refractivity contribution is -0.156. The van der Waals surface area contributed by atoms with Gasteiger partial charge in [0, 0.05) is 42.2 Å². The third-order valence-electron chi connectivity index (χ3n) is 8.49. The average Bonchev–Trinajstić information content (AvgIpc) is 3.62. The van der Waals surface area contributed by atoms with Crippen LogP contribution >= 0.6 is 0 Å². The molecule has 0 spiro atoms. The Morgan fingerprint density at radius 2 is 1.72 bits per heavy atom. The van der Waals surface area contributed by atoms with Crippen LogP contribution in [-0.2, 0) is 23.8 Å². The predicted molar refractivity (Wildman–Crippen MR) is 204 cm³/mol. The molecule has 1 atom stereocenters. The Labute approximate surface area is 329 Å². The van der Waals surface area contributed by atoms with Gasteiger partial charge in [0.1, 0.15) is 30.8 Å². The van der Waals surface area contributed by atoms with Gasteiger partial charge in [0.25, 0.3) is 5.95 Å². The Morgan fingerprint density at radius 3 is 2.39 bits per heavy atom. The molecule has 17 nitrogen and oxygen atoms in total. The van der Waals surface area contributed by atoms with E-state index >= 15 is 4.39 Å². The summed E-state index contributed by atoms with van der Waals surface area (Å²) in [6.07, 6.45) is 6.64. The van der Waals surface area contributed by atoms with Crippen molar-refractivity contribution < 1.29 is 47.2 Å². The molecule has 3 N–H and O–H groups in total. The maximum Gasteiger partial charge on any atom is 0.435 e. The van der Waals surface area contributed by atoms with E-state index in [9.17, 15) is 14.4 Å². The number of nitrogens with two attached hydrogens (primary N) is 1. The third-order valence-corrected chi connectivity index (χ3v) is 8.49. The lowest BCUT2D eigenvalue weighted by Crippen LogP contribution is -2.22. The molecular formula is C39H47FN8O9. The number of halogens is 1. The fourth-order valence-electron chi connectivity index (χ4n) is 5.68. The monoisotopic (exact) mass is 790 g/mol. The molecule has 4 aromatic rings. The maximum atomic E-state index is 16.6. The minimum Gasteiger partial charge on any atom is -0.497 e. The number of benzene rings is 2. The van der Waals surface area contributed by atoms with Crippen molar-refractivity contribution in [1.82, 2.24) is 24.7 Å². The van der Waals surface area contributed by atoms with Crippen LogP contribution in [0.15, 0.2) is 59.9 Å². The fourth-order valence-corrected chi connectivity index (χ4v) is 5.68. The quantitative estimate of drug-likeness (QED) is 0.0348. The van der Waals surface area contributed by atoms with Crippen molar-refractivity contribution in [1.29, 1.82) is 0 Å². The zero-order valence-electron chi connectivity index (χ0n) is 32.5. The number of nitrogens with zero attached hydrogens (tertiary/aromatic N) is 6. The number of hydrogen-bond donors (Lipinski definition) is 2. The van der Waals surface area contributed by atoms with E-state index in [4.69, 9.17) is 34.2 Å². The van der Waals surface area contributed by atoms with Gasteiger partial charge in [0.2, 0.25) is 6.79 Å². The summed E-state index contributed by atoms with van der Waals surface area (Å²) >= 11 is 0. The summed E-state index contributed by atoms with van der Waals surface area (Å²) in [5.74, 6) is -1.86. The lowest BCUT2D eigenvalue weighted by atomic mass is 9.89. The summed E-state index contributed by atoms with van der Waals surface area (Å²) in [6.45, 7) is 6.43. The summed E-state index contributed by atoms with van der Waals surface area (Å²) in [5.41, 5.74) is 6.73. The highest BCUT2D eigenvalue weighted by atomic mass is 19.1. The molecule has 1 fully saturated rings. The SMILES string of the molecule is COc1cc(OCCOC(C)=O)c(F)c([C@@H](Nc2ccc(/C(N)=N/C(=O)OCC(C)(C)C)cc2)c2nc(OCOC(=O)C3CCCCC3)n(-c3ncccn3)n2)c1. The van der Waals surface area contributed by atoms with E-state index in [2.05, 4.69) is 30.4 Å². The van der Waals surface area contributed by atoms with Crippen molar-refractivity contribution >= 4 is 29.6 Å². The topological polar surface area (TPSA) is 213 Å². The second-order valence-electron chi connectivity index (χ2n) is 14.3. The first kappa shape index (κ1) is 41.8. The number of methoxy groups -OCH3 is 1. The smallest absolute Gasteiger partial charge is 0.435 e. The molecule has 57 heavy (non-hydrogen) atoms. The van der Waals surface area contributed by atoms with E-state index in [1.54, 1.807) is 30.3 Å². The molecule has 5 rings (SSSR count). The summed E-state index contributed by atoms with van der Waals surface area (Å²) in [6, 6.07) is 9.60. The Balaban J connectivity index is 1.50. The molecular weight excluding hydrogens is 743 g/mol. The summed E-state index contributed by atoms with van der Waals surface area (Å²) in [5, 5.41) is 7.88. The van der Waals surface area contributed by atoms with E-state index in [0.29, 0.717) is 11.3 Å². The molecule has 1 aliphatic carbocycles. The van der Waals surface area contributed by atoms with Crippen molar-refractivity contribution in [2.45, 2.75) is 65.8 Å². The van der Waals surface area contributed by atoms with Gasteiger partial charge < -0.3 is 39.5 Å². The number of rotatable bonds is 16. The minimum atomic E-state index is -1.17. The summed E-state index contributed by atoms with van der Waals surface area (Å²) in [7, 11) is 1.41. The average molecular weight is 791 g/mol. The fraction of sp³-hybridized carbons (Fsp3) is 0.436. The third kappa shape index (κ3) is 12.1. The van der Waals surface area contributed by atoms with Crippen LogP contribution in [0.3, 0.4) is 0 Å². The molecule has 18 heteroatoms. The highest BCUT2D eigenvalue weighted by molar-refractivity contribution is 6.02. The van der Waals surface area contributed by atoms with E-state index in [1.165, 1.54) is 43.2 Å². The molecule has 2 heterocycles. The van der Waals surface area contributed by atoms with Crippen molar-refractivity contribution in [3.8, 4) is 23.5 Å². The zero-order chi connectivity index (χ0) is 41.0. The molecule has 0 radical (unpaired) electrons. The number of nitrogens with one attached hydrogen (secondary N) is 1. The van der Waals surface area contributed by atoms with Gasteiger partial charge in [-0.2, -0.15) is 9.98 Å². The molecule has 1 aliphatic rings. The van der Waals surface area contributed by atoms with Crippen LogP contribution in [-0.4, -0.2) is 82.3 Å². The molecule has 1 saturated carbocycles. The number of aromatic nitrogens is 5. The molecule has 1 amide bonds. The van der Waals surface area contributed by atoms with Crippen LogP contribution in [0.2, 0.25) is 0 Å². The minimum absolute atomic E-state index is 0.00927. The van der Waals surface area contributed by atoms with E-state index < -0.39 is 30.7 Å². The summed E-state index contributed by atoms with van der Waals surface area (Å²) < 4.78 is 50.4. The second-order valence-corrected chi connectivity index (χ2v) is 14.3. The van der Waals surface area contributed by atoms with Gasteiger partial charge in [-0.05, 0) is 54.7 Å². The molecule has 2 aromatic carbocycles. The van der Waals surface area contributed by atoms with Crippen LogP contribution in [0.5, 0.6) is 17.5 Å². The number of hydrogen-bond acceptors (Lipinski definition) is 14. The number of aliphatic imine (C=N–C) groups is 1. The highest BCUT2D eigenvalue weighted by Gasteiger charge is 2.29. The zero-order valence-corrected chi connectivity index (χ0v) is 32.5. The van der Waals surface area contributed by atoms with E-state index in [0.717, 1.165) is 32.1 Å². The van der Waals surface area contributed by atoms with Gasteiger partial charge in [0.05, 0.1) is 19.6 Å². The molecule has 0 unspecified atom stereocenters. The Bertz CT molecular complexity index is 2010.